The zero-order valence-electron chi connectivity index (χ0n) is 10.9. The summed E-state index contributed by atoms with van der Waals surface area (Å²) in [5.41, 5.74) is -1.79. The molecule has 0 bridgehead atoms. The fourth-order valence-corrected chi connectivity index (χ4v) is 1.78. The van der Waals surface area contributed by atoms with Crippen LogP contribution in [0.1, 0.15) is 23.0 Å². The van der Waals surface area contributed by atoms with Gasteiger partial charge in [0.2, 0.25) is 5.91 Å². The summed E-state index contributed by atoms with van der Waals surface area (Å²) in [5, 5.41) is 14.6. The zero-order valence-corrected chi connectivity index (χ0v) is 10.9. The Hall–Kier alpha value is -3.10. The normalized spacial score (nSPS) is 10.3. The number of aromatic nitrogens is 3. The lowest BCUT2D eigenvalue weighted by Crippen LogP contribution is -2.37. The molecule has 2 aromatic rings. The molecule has 1 N–H and O–H groups in total. The van der Waals surface area contributed by atoms with E-state index in [2.05, 4.69) is 5.10 Å². The highest BCUT2D eigenvalue weighted by Gasteiger charge is 2.16. The number of rotatable bonds is 3. The second-order valence-corrected chi connectivity index (χ2v) is 4.20. The summed E-state index contributed by atoms with van der Waals surface area (Å²) in [6, 6.07) is 5.85. The summed E-state index contributed by atoms with van der Waals surface area (Å²) in [6.45, 7) is 1.11. The third-order valence-electron chi connectivity index (χ3n) is 2.74. The fourth-order valence-electron chi connectivity index (χ4n) is 1.78. The Bertz CT molecular complexity index is 836. The van der Waals surface area contributed by atoms with Gasteiger partial charge >= 0.3 is 5.69 Å². The molecule has 0 fully saturated rings. The number of nitrogens with one attached hydrogen (secondary N) is 1. The highest BCUT2D eigenvalue weighted by atomic mass is 16.6. The number of hydrogen-bond donors (Lipinski definition) is 1. The monoisotopic (exact) mass is 290 g/mol. The summed E-state index contributed by atoms with van der Waals surface area (Å²) >= 11 is 0. The highest BCUT2D eigenvalue weighted by molar-refractivity contribution is 5.74. The summed E-state index contributed by atoms with van der Waals surface area (Å²) in [6.07, 6.45) is -0.167. The largest absolute Gasteiger partial charge is 0.352 e. The average Bonchev–Trinajstić information content (AvgIpc) is 2.41. The summed E-state index contributed by atoms with van der Waals surface area (Å²) < 4.78 is 0.505. The van der Waals surface area contributed by atoms with Gasteiger partial charge in [0.15, 0.2) is 0 Å². The molecule has 108 valence electrons. The Kier molecular flexibility index (Phi) is 3.74. The summed E-state index contributed by atoms with van der Waals surface area (Å²) in [5.74, 6) is -0.667. The lowest BCUT2D eigenvalue weighted by Gasteiger charge is -2.04. The minimum absolute atomic E-state index is 0.154. The minimum atomic E-state index is -0.946. The van der Waals surface area contributed by atoms with Gasteiger partial charge in [-0.3, -0.25) is 24.7 Å². The van der Waals surface area contributed by atoms with Crippen LogP contribution in [0.5, 0.6) is 0 Å². The maximum Gasteiger partial charge on any atom is 0.352 e. The van der Waals surface area contributed by atoms with Crippen LogP contribution in [0.15, 0.2) is 33.9 Å². The van der Waals surface area contributed by atoms with Crippen molar-refractivity contribution >= 4 is 11.6 Å². The van der Waals surface area contributed by atoms with Crippen molar-refractivity contribution in [2.75, 3.05) is 0 Å². The van der Waals surface area contributed by atoms with Gasteiger partial charge in [-0.2, -0.15) is 5.10 Å². The molecule has 9 heteroatoms. The number of hydrogen-bond acceptors (Lipinski definition) is 6. The number of H-pyrrole nitrogens is 1. The van der Waals surface area contributed by atoms with Crippen LogP contribution in [0.3, 0.4) is 0 Å². The Labute approximate surface area is 117 Å². The van der Waals surface area contributed by atoms with Crippen molar-refractivity contribution in [3.8, 4) is 0 Å². The molecule has 1 aromatic heterocycles. The predicted octanol–water partition coefficient (Wildman–Crippen LogP) is 0.0907. The average molecular weight is 290 g/mol. The zero-order chi connectivity index (χ0) is 15.6. The van der Waals surface area contributed by atoms with Gasteiger partial charge in [-0.25, -0.2) is 4.79 Å². The van der Waals surface area contributed by atoms with Gasteiger partial charge < -0.3 is 0 Å². The molecule has 1 aromatic carbocycles. The van der Waals surface area contributed by atoms with Crippen LogP contribution in [-0.4, -0.2) is 25.6 Å². The maximum atomic E-state index is 11.7. The first-order valence-corrected chi connectivity index (χ1v) is 5.86. The number of nitro groups is 1. The first kappa shape index (κ1) is 14.3. The molecule has 0 spiro atoms. The molecular weight excluding hydrogens is 280 g/mol. The first-order chi connectivity index (χ1) is 9.90. The summed E-state index contributed by atoms with van der Waals surface area (Å²) in [7, 11) is 0. The van der Waals surface area contributed by atoms with Gasteiger partial charge in [-0.15, -0.1) is 4.68 Å². The molecule has 0 atom stereocenters. The SMILES string of the molecule is CC(=O)n1nc(Cc2ccccc2[N+](=O)[O-])c(=O)[nH]c1=O. The van der Waals surface area contributed by atoms with E-state index in [1.807, 2.05) is 4.98 Å². The lowest BCUT2D eigenvalue weighted by atomic mass is 10.1. The van der Waals surface area contributed by atoms with Crippen molar-refractivity contribution in [3.05, 3.63) is 66.5 Å². The molecule has 0 radical (unpaired) electrons. The molecule has 0 unspecified atom stereocenters. The maximum absolute atomic E-state index is 11.7. The van der Waals surface area contributed by atoms with Gasteiger partial charge in [0.05, 0.1) is 4.92 Å². The van der Waals surface area contributed by atoms with Crippen molar-refractivity contribution in [1.82, 2.24) is 14.8 Å². The van der Waals surface area contributed by atoms with Gasteiger partial charge in [0.25, 0.3) is 11.2 Å². The number of benzene rings is 1. The van der Waals surface area contributed by atoms with Crippen LogP contribution < -0.4 is 11.2 Å². The van der Waals surface area contributed by atoms with Crippen LogP contribution in [0.4, 0.5) is 5.69 Å². The van der Waals surface area contributed by atoms with Crippen molar-refractivity contribution < 1.29 is 9.72 Å². The smallest absolute Gasteiger partial charge is 0.273 e. The highest BCUT2D eigenvalue weighted by Crippen LogP contribution is 2.19. The molecule has 1 heterocycles. The van der Waals surface area contributed by atoms with E-state index in [1.54, 1.807) is 6.07 Å². The van der Waals surface area contributed by atoms with E-state index in [9.17, 15) is 24.5 Å². The van der Waals surface area contributed by atoms with Gasteiger partial charge in [-0.1, -0.05) is 18.2 Å². The molecule has 2 rings (SSSR count). The minimum Gasteiger partial charge on any atom is -0.273 e. The predicted molar refractivity (Wildman–Crippen MR) is 71.3 cm³/mol. The van der Waals surface area contributed by atoms with E-state index in [4.69, 9.17) is 0 Å². The topological polar surface area (TPSA) is 128 Å². The lowest BCUT2D eigenvalue weighted by molar-refractivity contribution is -0.385. The number of aromatic amines is 1. The Morgan fingerprint density at radius 3 is 2.67 bits per heavy atom. The molecule has 0 aliphatic carbocycles. The Morgan fingerprint density at radius 2 is 2.05 bits per heavy atom. The fraction of sp³-hybridized carbons (Fsp3) is 0.167. The van der Waals surface area contributed by atoms with E-state index < -0.39 is 22.1 Å². The van der Waals surface area contributed by atoms with E-state index in [0.717, 1.165) is 6.92 Å². The second-order valence-electron chi connectivity index (χ2n) is 4.20. The summed E-state index contributed by atoms with van der Waals surface area (Å²) in [4.78, 5) is 46.6. The first-order valence-electron chi connectivity index (χ1n) is 5.86. The number of carbonyl (C=O) groups is 1. The third kappa shape index (κ3) is 2.91. The molecule has 0 amide bonds. The third-order valence-corrected chi connectivity index (χ3v) is 2.74. The van der Waals surface area contributed by atoms with Gasteiger partial charge in [-0.05, 0) is 0 Å². The van der Waals surface area contributed by atoms with Crippen molar-refractivity contribution in [3.63, 3.8) is 0 Å². The number of nitrogens with zero attached hydrogens (tertiary/aromatic N) is 3. The van der Waals surface area contributed by atoms with Crippen molar-refractivity contribution in [2.24, 2.45) is 0 Å². The second kappa shape index (κ2) is 5.49. The van der Waals surface area contributed by atoms with Crippen molar-refractivity contribution in [2.45, 2.75) is 13.3 Å². The number of nitro benzene ring substituents is 1. The molecule has 0 saturated carbocycles. The van der Waals surface area contributed by atoms with E-state index in [1.165, 1.54) is 18.2 Å². The number of carbonyl (C=O) groups excluding carboxylic acids is 1. The van der Waals surface area contributed by atoms with E-state index >= 15 is 0 Å². The molecule has 21 heavy (non-hydrogen) atoms. The van der Waals surface area contributed by atoms with Crippen LogP contribution in [0.25, 0.3) is 0 Å². The van der Waals surface area contributed by atoms with E-state index in [0.29, 0.717) is 4.68 Å². The standard InChI is InChI=1S/C12H10N4O5/c1-7(17)15-12(19)13-11(18)9(14-15)6-8-4-2-3-5-10(8)16(20)21/h2-5H,6H2,1H3,(H,13,18,19). The van der Waals surface area contributed by atoms with Crippen LogP contribution in [0, 0.1) is 10.1 Å². The van der Waals surface area contributed by atoms with Crippen LogP contribution in [-0.2, 0) is 6.42 Å². The number of para-hydroxylation sites is 1. The van der Waals surface area contributed by atoms with Gasteiger partial charge in [0, 0.05) is 25.0 Å². The van der Waals surface area contributed by atoms with E-state index in [-0.39, 0.29) is 23.4 Å². The molecule has 0 saturated heterocycles. The van der Waals surface area contributed by atoms with Crippen LogP contribution in [0.2, 0.25) is 0 Å². The van der Waals surface area contributed by atoms with Gasteiger partial charge in [0.1, 0.15) is 5.69 Å². The molecule has 0 aliphatic heterocycles. The molecular formula is C12H10N4O5. The Morgan fingerprint density at radius 1 is 1.38 bits per heavy atom. The quantitative estimate of drug-likeness (QED) is 0.630. The Balaban J connectivity index is 2.53. The van der Waals surface area contributed by atoms with Crippen LogP contribution >= 0.6 is 0 Å². The molecule has 9 nitrogen and oxygen atoms in total. The van der Waals surface area contributed by atoms with Crippen molar-refractivity contribution in [1.29, 1.82) is 0 Å². The molecule has 0 aliphatic rings.